The smallest absolute Gasteiger partial charge is 0.260 e. The van der Waals surface area contributed by atoms with Crippen molar-refractivity contribution in [2.24, 2.45) is 0 Å². The normalized spacial score (nSPS) is 11.7. The maximum Gasteiger partial charge on any atom is 0.260 e. The first-order chi connectivity index (χ1) is 14.8. The number of furan rings is 1. The number of anilines is 1. The molecule has 31 heavy (non-hydrogen) atoms. The van der Waals surface area contributed by atoms with Crippen LogP contribution in [0.3, 0.4) is 0 Å². The Hall–Kier alpha value is -2.97. The van der Waals surface area contributed by atoms with Crippen molar-refractivity contribution in [1.82, 2.24) is 4.98 Å². The van der Waals surface area contributed by atoms with Gasteiger partial charge in [0.15, 0.2) is 15.0 Å². The van der Waals surface area contributed by atoms with Gasteiger partial charge in [0.1, 0.15) is 5.76 Å². The largest absolute Gasteiger partial charge is 0.467 e. The summed E-state index contributed by atoms with van der Waals surface area (Å²) in [6.07, 6.45) is 1.55. The van der Waals surface area contributed by atoms with E-state index in [0.29, 0.717) is 10.9 Å². The molecule has 2 heterocycles. The molecule has 0 aliphatic heterocycles. The number of sulfone groups is 1. The number of fused-ring (bicyclic) bond motifs is 1. The Bertz CT molecular complexity index is 1320. The molecule has 2 aromatic carbocycles. The van der Waals surface area contributed by atoms with Gasteiger partial charge in [0.05, 0.1) is 33.7 Å². The van der Waals surface area contributed by atoms with Crippen molar-refractivity contribution in [3.63, 3.8) is 0 Å². The van der Waals surface area contributed by atoms with Crippen LogP contribution in [-0.4, -0.2) is 25.1 Å². The number of hydrogen-bond acceptors (Lipinski definition) is 6. The second kappa shape index (κ2) is 8.28. The highest BCUT2D eigenvalue weighted by Gasteiger charge is 2.24. The topological polar surface area (TPSA) is 80.5 Å². The van der Waals surface area contributed by atoms with Crippen LogP contribution in [0.5, 0.6) is 0 Å². The molecule has 0 spiro atoms. The Labute approximate surface area is 185 Å². The van der Waals surface area contributed by atoms with E-state index >= 15 is 0 Å². The van der Waals surface area contributed by atoms with Crippen LogP contribution in [0.1, 0.15) is 34.2 Å². The molecule has 0 bridgehead atoms. The molecule has 0 saturated heterocycles. The van der Waals surface area contributed by atoms with Crippen LogP contribution in [0.2, 0.25) is 0 Å². The minimum atomic E-state index is -3.43. The van der Waals surface area contributed by atoms with Crippen molar-refractivity contribution in [3.05, 3.63) is 77.2 Å². The SMILES string of the molecule is CCS(=O)(=O)c1cccc(C(=O)N(Cc2ccco2)c2nc3cc(C)c(C)cc3s2)c1. The number of amides is 1. The van der Waals surface area contributed by atoms with Crippen LogP contribution in [0.4, 0.5) is 5.13 Å². The zero-order valence-electron chi connectivity index (χ0n) is 17.5. The van der Waals surface area contributed by atoms with E-state index in [1.165, 1.54) is 28.4 Å². The fraction of sp³-hybridized carbons (Fsp3) is 0.217. The lowest BCUT2D eigenvalue weighted by atomic mass is 10.1. The van der Waals surface area contributed by atoms with Crippen molar-refractivity contribution in [1.29, 1.82) is 0 Å². The predicted molar refractivity (Wildman–Crippen MR) is 122 cm³/mol. The standard InChI is InChI=1S/C23H22N2O4S2/c1-4-31(27,28)19-9-5-7-17(13-19)22(26)25(14-18-8-6-10-29-18)23-24-20-11-15(2)16(3)12-21(20)30-23/h5-13H,4,14H2,1-3H3. The summed E-state index contributed by atoms with van der Waals surface area (Å²) in [5.74, 6) is 0.242. The summed E-state index contributed by atoms with van der Waals surface area (Å²) >= 11 is 1.42. The summed E-state index contributed by atoms with van der Waals surface area (Å²) in [5, 5.41) is 0.533. The second-order valence-electron chi connectivity index (χ2n) is 7.30. The van der Waals surface area contributed by atoms with Gasteiger partial charge in [-0.1, -0.05) is 24.3 Å². The lowest BCUT2D eigenvalue weighted by Gasteiger charge is -2.19. The van der Waals surface area contributed by atoms with Gasteiger partial charge in [0, 0.05) is 5.56 Å². The van der Waals surface area contributed by atoms with E-state index in [0.717, 1.165) is 21.3 Å². The van der Waals surface area contributed by atoms with E-state index in [9.17, 15) is 13.2 Å². The molecule has 0 radical (unpaired) electrons. The number of aromatic nitrogens is 1. The number of hydrogen-bond donors (Lipinski definition) is 0. The Morgan fingerprint density at radius 1 is 1.10 bits per heavy atom. The van der Waals surface area contributed by atoms with Crippen molar-refractivity contribution >= 4 is 42.4 Å². The Kier molecular flexibility index (Phi) is 5.68. The van der Waals surface area contributed by atoms with E-state index in [1.54, 1.807) is 37.5 Å². The van der Waals surface area contributed by atoms with Gasteiger partial charge in [0.25, 0.3) is 5.91 Å². The van der Waals surface area contributed by atoms with Gasteiger partial charge in [-0.15, -0.1) is 0 Å². The molecule has 0 unspecified atom stereocenters. The molecule has 6 nitrogen and oxygen atoms in total. The Balaban J connectivity index is 1.79. The van der Waals surface area contributed by atoms with Crippen LogP contribution >= 0.6 is 11.3 Å². The summed E-state index contributed by atoms with van der Waals surface area (Å²) in [7, 11) is -3.43. The number of rotatable bonds is 6. The molecule has 0 aliphatic rings. The van der Waals surface area contributed by atoms with Gasteiger partial charge < -0.3 is 4.42 Å². The highest BCUT2D eigenvalue weighted by atomic mass is 32.2. The maximum absolute atomic E-state index is 13.5. The predicted octanol–water partition coefficient (Wildman–Crippen LogP) is 5.15. The molecule has 160 valence electrons. The maximum atomic E-state index is 13.5. The first-order valence-electron chi connectivity index (χ1n) is 9.83. The number of carbonyl (C=O) groups is 1. The average Bonchev–Trinajstić information content (AvgIpc) is 3.41. The molecule has 4 rings (SSSR count). The van der Waals surface area contributed by atoms with Gasteiger partial charge >= 0.3 is 0 Å². The lowest BCUT2D eigenvalue weighted by molar-refractivity contribution is 0.0983. The number of nitrogens with zero attached hydrogens (tertiary/aromatic N) is 2. The third-order valence-electron chi connectivity index (χ3n) is 5.18. The highest BCUT2D eigenvalue weighted by molar-refractivity contribution is 7.91. The monoisotopic (exact) mass is 454 g/mol. The molecule has 0 fully saturated rings. The Morgan fingerprint density at radius 3 is 2.58 bits per heavy atom. The van der Waals surface area contributed by atoms with E-state index < -0.39 is 9.84 Å². The summed E-state index contributed by atoms with van der Waals surface area (Å²) < 4.78 is 31.1. The third-order valence-corrected chi connectivity index (χ3v) is 7.96. The third kappa shape index (κ3) is 4.26. The second-order valence-corrected chi connectivity index (χ2v) is 10.6. The molecule has 2 aromatic heterocycles. The zero-order valence-corrected chi connectivity index (χ0v) is 19.1. The minimum absolute atomic E-state index is 0.0304. The van der Waals surface area contributed by atoms with Crippen molar-refractivity contribution in [3.8, 4) is 0 Å². The van der Waals surface area contributed by atoms with Crippen LogP contribution in [0.25, 0.3) is 10.2 Å². The fourth-order valence-corrected chi connectivity index (χ4v) is 5.18. The van der Waals surface area contributed by atoms with Crippen molar-refractivity contribution in [2.45, 2.75) is 32.2 Å². The van der Waals surface area contributed by atoms with Crippen LogP contribution in [0.15, 0.2) is 64.1 Å². The van der Waals surface area contributed by atoms with Crippen molar-refractivity contribution < 1.29 is 17.6 Å². The van der Waals surface area contributed by atoms with E-state index in [1.807, 2.05) is 19.9 Å². The van der Waals surface area contributed by atoms with Gasteiger partial charge in [-0.3, -0.25) is 9.69 Å². The van der Waals surface area contributed by atoms with Gasteiger partial charge in [-0.05, 0) is 67.4 Å². The van der Waals surface area contributed by atoms with Crippen LogP contribution in [0, 0.1) is 13.8 Å². The van der Waals surface area contributed by atoms with Gasteiger partial charge in [0.2, 0.25) is 0 Å². The zero-order chi connectivity index (χ0) is 22.2. The Morgan fingerprint density at radius 2 is 1.87 bits per heavy atom. The van der Waals surface area contributed by atoms with Crippen LogP contribution in [-0.2, 0) is 16.4 Å². The average molecular weight is 455 g/mol. The quantitative estimate of drug-likeness (QED) is 0.403. The molecule has 0 aliphatic carbocycles. The molecule has 4 aromatic rings. The summed E-state index contributed by atoms with van der Waals surface area (Å²) in [4.78, 5) is 19.9. The molecule has 8 heteroatoms. The van der Waals surface area contributed by atoms with Crippen LogP contribution < -0.4 is 4.90 Å². The number of thiazole rings is 1. The lowest BCUT2D eigenvalue weighted by Crippen LogP contribution is -2.30. The first-order valence-corrected chi connectivity index (χ1v) is 12.3. The molecule has 0 atom stereocenters. The summed E-state index contributed by atoms with van der Waals surface area (Å²) in [6.45, 7) is 5.84. The molecule has 1 amide bonds. The fourth-order valence-electron chi connectivity index (χ4n) is 3.21. The van der Waals surface area contributed by atoms with Gasteiger partial charge in [-0.2, -0.15) is 0 Å². The van der Waals surface area contributed by atoms with Crippen molar-refractivity contribution in [2.75, 3.05) is 10.7 Å². The number of carbonyl (C=O) groups excluding carboxylic acids is 1. The number of aryl methyl sites for hydroxylation is 2. The first kappa shape index (κ1) is 21.3. The molecule has 0 saturated carbocycles. The van der Waals surface area contributed by atoms with E-state index in [2.05, 4.69) is 6.07 Å². The minimum Gasteiger partial charge on any atom is -0.467 e. The highest BCUT2D eigenvalue weighted by Crippen LogP contribution is 2.32. The van der Waals surface area contributed by atoms with E-state index in [-0.39, 0.29) is 28.7 Å². The van der Waals surface area contributed by atoms with Gasteiger partial charge in [-0.25, -0.2) is 13.4 Å². The molecule has 0 N–H and O–H groups in total. The van der Waals surface area contributed by atoms with E-state index in [4.69, 9.17) is 9.40 Å². The number of benzene rings is 2. The molecular formula is C23H22N2O4S2. The summed E-state index contributed by atoms with van der Waals surface area (Å²) in [5.41, 5.74) is 3.39. The summed E-state index contributed by atoms with van der Waals surface area (Å²) in [6, 6.07) is 13.8. The molecular weight excluding hydrogens is 432 g/mol.